The summed E-state index contributed by atoms with van der Waals surface area (Å²) in [6.07, 6.45) is 1.05. The van der Waals surface area contributed by atoms with E-state index in [1.165, 1.54) is 5.56 Å². The lowest BCUT2D eigenvalue weighted by Gasteiger charge is -2.26. The molecule has 0 saturated heterocycles. The van der Waals surface area contributed by atoms with Crippen LogP contribution in [0.5, 0.6) is 5.75 Å². The number of ether oxygens (including phenoxy) is 1. The Kier molecular flexibility index (Phi) is 5.16. The van der Waals surface area contributed by atoms with Crippen LogP contribution in [0.2, 0.25) is 0 Å². The summed E-state index contributed by atoms with van der Waals surface area (Å²) < 4.78 is 5.25. The average Bonchev–Trinajstić information content (AvgIpc) is 3.56. The first-order chi connectivity index (χ1) is 13.7. The monoisotopic (exact) mass is 371 g/mol. The van der Waals surface area contributed by atoms with Gasteiger partial charge < -0.3 is 4.74 Å². The second-order valence-corrected chi connectivity index (χ2v) is 7.41. The number of methoxy groups -OCH3 is 1. The van der Waals surface area contributed by atoms with Crippen molar-refractivity contribution in [1.82, 2.24) is 0 Å². The van der Waals surface area contributed by atoms with E-state index in [1.54, 1.807) is 7.11 Å². The number of para-hydroxylation sites is 2. The van der Waals surface area contributed by atoms with Gasteiger partial charge in [0.05, 0.1) is 7.11 Å². The Morgan fingerprint density at radius 2 is 1.43 bits per heavy atom. The highest BCUT2D eigenvalue weighted by Crippen LogP contribution is 2.52. The molecule has 1 saturated carbocycles. The largest absolute Gasteiger partial charge is 0.497 e. The molecule has 0 unspecified atom stereocenters. The van der Waals surface area contributed by atoms with Gasteiger partial charge in [0, 0.05) is 17.3 Å². The zero-order chi connectivity index (χ0) is 19.5. The normalized spacial score (nSPS) is 18.9. The van der Waals surface area contributed by atoms with E-state index in [0.29, 0.717) is 11.8 Å². The van der Waals surface area contributed by atoms with E-state index in [4.69, 9.17) is 4.74 Å². The number of amides is 1. The summed E-state index contributed by atoms with van der Waals surface area (Å²) in [5.74, 6) is 1.78. The molecule has 0 aromatic heterocycles. The number of anilines is 2. The Labute approximate surface area is 166 Å². The van der Waals surface area contributed by atoms with Crippen molar-refractivity contribution in [3.63, 3.8) is 0 Å². The number of benzene rings is 3. The molecule has 3 nitrogen and oxygen atoms in total. The van der Waals surface area contributed by atoms with E-state index in [0.717, 1.165) is 23.5 Å². The van der Waals surface area contributed by atoms with Gasteiger partial charge in [-0.1, -0.05) is 55.5 Å². The molecule has 0 bridgehead atoms. The van der Waals surface area contributed by atoms with Crippen molar-refractivity contribution in [1.29, 1.82) is 0 Å². The Morgan fingerprint density at radius 3 is 1.93 bits per heavy atom. The second-order valence-electron chi connectivity index (χ2n) is 7.41. The fraction of sp³-hybridized carbons (Fsp3) is 0.240. The van der Waals surface area contributed by atoms with Crippen LogP contribution in [0.25, 0.3) is 0 Å². The molecule has 3 heteroatoms. The molecule has 0 aliphatic heterocycles. The molecule has 3 aromatic carbocycles. The predicted molar refractivity (Wildman–Crippen MR) is 113 cm³/mol. The third-order valence-corrected chi connectivity index (χ3v) is 5.66. The minimum absolute atomic E-state index is 0.0486. The maximum absolute atomic E-state index is 13.5. The van der Waals surface area contributed by atoms with Crippen molar-refractivity contribution >= 4 is 17.3 Å². The van der Waals surface area contributed by atoms with Gasteiger partial charge in [0.15, 0.2) is 0 Å². The third-order valence-electron chi connectivity index (χ3n) is 5.66. The lowest BCUT2D eigenvalue weighted by molar-refractivity contribution is -0.121. The highest BCUT2D eigenvalue weighted by Gasteiger charge is 2.45. The van der Waals surface area contributed by atoms with E-state index >= 15 is 0 Å². The smallest absolute Gasteiger partial charge is 0.234 e. The summed E-state index contributed by atoms with van der Waals surface area (Å²) in [4.78, 5) is 15.4. The first-order valence-corrected chi connectivity index (χ1v) is 9.77. The molecule has 1 fully saturated rings. The van der Waals surface area contributed by atoms with Gasteiger partial charge >= 0.3 is 0 Å². The molecule has 3 aromatic rings. The van der Waals surface area contributed by atoms with Crippen LogP contribution in [0.4, 0.5) is 11.4 Å². The lowest BCUT2D eigenvalue weighted by atomic mass is 9.98. The van der Waals surface area contributed by atoms with Crippen molar-refractivity contribution < 1.29 is 9.53 Å². The number of hydrogen-bond donors (Lipinski definition) is 0. The van der Waals surface area contributed by atoms with E-state index in [-0.39, 0.29) is 11.8 Å². The number of carbonyl (C=O) groups excluding carboxylic acids is 1. The Morgan fingerprint density at radius 1 is 0.893 bits per heavy atom. The Balaban J connectivity index is 1.55. The summed E-state index contributed by atoms with van der Waals surface area (Å²) in [5.41, 5.74) is 3.11. The van der Waals surface area contributed by atoms with Crippen LogP contribution in [0.3, 0.4) is 0 Å². The fourth-order valence-electron chi connectivity index (χ4n) is 3.95. The molecule has 142 valence electrons. The number of hydrogen-bond acceptors (Lipinski definition) is 2. The predicted octanol–water partition coefficient (Wildman–Crippen LogP) is 5.80. The van der Waals surface area contributed by atoms with E-state index in [2.05, 4.69) is 19.1 Å². The van der Waals surface area contributed by atoms with Gasteiger partial charge in [-0.15, -0.1) is 0 Å². The van der Waals surface area contributed by atoms with Gasteiger partial charge in [-0.25, -0.2) is 0 Å². The highest BCUT2D eigenvalue weighted by molar-refractivity contribution is 6.02. The third kappa shape index (κ3) is 3.65. The molecular weight excluding hydrogens is 346 g/mol. The topological polar surface area (TPSA) is 29.5 Å². The SMILES string of the molecule is COc1ccc([C@@H]2C[C@H]2[C@H](C)C(=O)N(c2ccccc2)c2ccccc2)cc1. The molecule has 0 N–H and O–H groups in total. The molecule has 3 atom stereocenters. The molecule has 4 rings (SSSR count). The van der Waals surface area contributed by atoms with E-state index in [1.807, 2.05) is 77.7 Å². The Bertz CT molecular complexity index is 882. The van der Waals surface area contributed by atoms with E-state index < -0.39 is 0 Å². The van der Waals surface area contributed by atoms with Crippen molar-refractivity contribution in [2.24, 2.45) is 11.8 Å². The minimum atomic E-state index is -0.0486. The van der Waals surface area contributed by atoms with Crippen LogP contribution in [0, 0.1) is 11.8 Å². The summed E-state index contributed by atoms with van der Waals surface area (Å²) >= 11 is 0. The van der Waals surface area contributed by atoms with Gasteiger partial charge in [0.25, 0.3) is 0 Å². The first-order valence-electron chi connectivity index (χ1n) is 9.77. The highest BCUT2D eigenvalue weighted by atomic mass is 16.5. The van der Waals surface area contributed by atoms with Crippen LogP contribution in [0.15, 0.2) is 84.9 Å². The maximum atomic E-state index is 13.5. The first kappa shape index (κ1) is 18.3. The van der Waals surface area contributed by atoms with Crippen molar-refractivity contribution in [2.45, 2.75) is 19.3 Å². The molecule has 0 spiro atoms. The zero-order valence-electron chi connectivity index (χ0n) is 16.3. The average molecular weight is 371 g/mol. The number of rotatable bonds is 6. The summed E-state index contributed by atoms with van der Waals surface area (Å²) in [6, 6.07) is 28.0. The summed E-state index contributed by atoms with van der Waals surface area (Å²) in [7, 11) is 1.68. The van der Waals surface area contributed by atoms with E-state index in [9.17, 15) is 4.79 Å². The zero-order valence-corrected chi connectivity index (χ0v) is 16.3. The van der Waals surface area contributed by atoms with Gasteiger partial charge in [0.1, 0.15) is 5.75 Å². The van der Waals surface area contributed by atoms with Crippen LogP contribution in [-0.2, 0) is 4.79 Å². The Hall–Kier alpha value is -3.07. The van der Waals surface area contributed by atoms with Gasteiger partial charge in [-0.3, -0.25) is 9.69 Å². The molecule has 28 heavy (non-hydrogen) atoms. The molecule has 1 amide bonds. The molecular formula is C25H25NO2. The second kappa shape index (κ2) is 7.89. The molecule has 1 aliphatic carbocycles. The fourth-order valence-corrected chi connectivity index (χ4v) is 3.95. The summed E-state index contributed by atoms with van der Waals surface area (Å²) in [6.45, 7) is 2.06. The van der Waals surface area contributed by atoms with Crippen LogP contribution >= 0.6 is 0 Å². The van der Waals surface area contributed by atoms with Crippen molar-refractivity contribution in [2.75, 3.05) is 12.0 Å². The number of nitrogens with zero attached hydrogens (tertiary/aromatic N) is 1. The van der Waals surface area contributed by atoms with Crippen LogP contribution < -0.4 is 9.64 Å². The van der Waals surface area contributed by atoms with Gasteiger partial charge in [-0.05, 0) is 60.2 Å². The van der Waals surface area contributed by atoms with Crippen LogP contribution in [0.1, 0.15) is 24.8 Å². The maximum Gasteiger partial charge on any atom is 0.234 e. The van der Waals surface area contributed by atoms with Crippen molar-refractivity contribution in [3.8, 4) is 5.75 Å². The molecule has 1 aliphatic rings. The van der Waals surface area contributed by atoms with Gasteiger partial charge in [-0.2, -0.15) is 0 Å². The minimum Gasteiger partial charge on any atom is -0.497 e. The standard InChI is InChI=1S/C25H25NO2/c1-18(23-17-24(23)19-13-15-22(28-2)16-14-19)25(27)26(20-9-5-3-6-10-20)21-11-7-4-8-12-21/h3-16,18,23-24H,17H2,1-2H3/t18-,23-,24-/m0/s1. The van der Waals surface area contributed by atoms with Gasteiger partial charge in [0.2, 0.25) is 5.91 Å². The summed E-state index contributed by atoms with van der Waals surface area (Å²) in [5, 5.41) is 0. The molecule has 0 heterocycles. The quantitative estimate of drug-likeness (QED) is 0.548. The lowest BCUT2D eigenvalue weighted by Crippen LogP contribution is -2.32. The molecule has 0 radical (unpaired) electrons. The van der Waals surface area contributed by atoms with Crippen molar-refractivity contribution in [3.05, 3.63) is 90.5 Å². The van der Waals surface area contributed by atoms with Crippen LogP contribution in [-0.4, -0.2) is 13.0 Å². The number of carbonyl (C=O) groups is 1.